The number of likely N-dealkylation sites (tertiary alicyclic amines) is 2. The molecule has 7 heteroatoms. The highest BCUT2D eigenvalue weighted by Gasteiger charge is 2.24. The molecule has 1 aromatic heterocycles. The fraction of sp³-hybridized carbons (Fsp3) is 0.789. The van der Waals surface area contributed by atoms with Gasteiger partial charge in [0, 0.05) is 26.2 Å². The summed E-state index contributed by atoms with van der Waals surface area (Å²) in [5.74, 6) is 3.34. The topological polar surface area (TPSA) is 77.1 Å². The number of aliphatic hydroxyl groups excluding tert-OH is 1. The summed E-state index contributed by atoms with van der Waals surface area (Å²) in [6, 6.07) is 0. The van der Waals surface area contributed by atoms with Crippen LogP contribution in [0.4, 0.5) is 0 Å². The summed E-state index contributed by atoms with van der Waals surface area (Å²) in [5.41, 5.74) is 0.993. The van der Waals surface area contributed by atoms with Gasteiger partial charge in [-0.05, 0) is 59.0 Å². The number of piperidine rings is 1. The summed E-state index contributed by atoms with van der Waals surface area (Å²) in [5, 5.41) is 13.1. The van der Waals surface area contributed by atoms with Crippen LogP contribution in [0.5, 0.6) is 0 Å². The molecule has 0 radical (unpaired) electrons. The van der Waals surface area contributed by atoms with E-state index in [9.17, 15) is 5.11 Å². The lowest BCUT2D eigenvalue weighted by molar-refractivity contribution is 0.166. The van der Waals surface area contributed by atoms with Crippen molar-refractivity contribution in [1.29, 1.82) is 0 Å². The van der Waals surface area contributed by atoms with Gasteiger partial charge in [-0.3, -0.25) is 9.89 Å². The van der Waals surface area contributed by atoms with Crippen LogP contribution >= 0.6 is 0 Å². The molecular formula is C19H33N5O2. The number of aliphatic hydroxyl groups is 1. The van der Waals surface area contributed by atoms with Gasteiger partial charge in [0.1, 0.15) is 5.76 Å². The van der Waals surface area contributed by atoms with Crippen molar-refractivity contribution in [1.82, 2.24) is 20.1 Å². The Hall–Kier alpha value is -1.60. The first-order valence-electron chi connectivity index (χ1n) is 9.91. The molecule has 2 N–H and O–H groups in total. The minimum atomic E-state index is -0.218. The van der Waals surface area contributed by atoms with Crippen LogP contribution in [0.15, 0.2) is 9.41 Å². The first-order chi connectivity index (χ1) is 12.5. The monoisotopic (exact) mass is 363 g/mol. The number of hydrogen-bond acceptors (Lipinski definition) is 5. The normalized spacial score (nSPS) is 23.0. The number of hydrogen-bond donors (Lipinski definition) is 2. The number of guanidine groups is 1. The largest absolute Gasteiger partial charge is 0.444 e. The molecule has 0 aromatic carbocycles. The van der Waals surface area contributed by atoms with Crippen LogP contribution in [0, 0.1) is 19.8 Å². The molecule has 2 aliphatic rings. The molecule has 2 fully saturated rings. The zero-order chi connectivity index (χ0) is 18.5. The van der Waals surface area contributed by atoms with Gasteiger partial charge in [0.25, 0.3) is 0 Å². The fourth-order valence-corrected chi connectivity index (χ4v) is 3.70. The van der Waals surface area contributed by atoms with Crippen molar-refractivity contribution in [3.63, 3.8) is 0 Å². The number of nitrogens with one attached hydrogen (secondary N) is 1. The average molecular weight is 364 g/mol. The molecular weight excluding hydrogens is 330 g/mol. The first kappa shape index (κ1) is 19.2. The molecule has 3 rings (SSSR count). The van der Waals surface area contributed by atoms with Crippen molar-refractivity contribution in [2.45, 2.75) is 52.7 Å². The maximum absolute atomic E-state index is 9.76. The molecule has 1 atom stereocenters. The number of oxazole rings is 1. The standard InChI is InChI=1S/C19H33N5O2/c1-4-20-19(24-10-7-17(25)12-24)21-11-16-5-8-23(9-6-16)13-18-22-14(2)15(3)26-18/h16-17,25H,4-13H2,1-3H3,(H,20,21)/t17-/m1/s1. The molecule has 7 nitrogen and oxygen atoms in total. The van der Waals surface area contributed by atoms with Crippen LogP contribution in [0.25, 0.3) is 0 Å². The lowest BCUT2D eigenvalue weighted by atomic mass is 9.97. The molecule has 0 bridgehead atoms. The Kier molecular flexibility index (Phi) is 6.53. The molecule has 1 aromatic rings. The van der Waals surface area contributed by atoms with Crippen molar-refractivity contribution >= 4 is 5.96 Å². The van der Waals surface area contributed by atoms with Gasteiger partial charge in [0.15, 0.2) is 5.96 Å². The van der Waals surface area contributed by atoms with Gasteiger partial charge < -0.3 is 19.7 Å². The van der Waals surface area contributed by atoms with E-state index < -0.39 is 0 Å². The summed E-state index contributed by atoms with van der Waals surface area (Å²) < 4.78 is 5.71. The van der Waals surface area contributed by atoms with Crippen molar-refractivity contribution in [3.05, 3.63) is 17.3 Å². The van der Waals surface area contributed by atoms with Gasteiger partial charge in [0.2, 0.25) is 5.89 Å². The number of rotatable bonds is 5. The third kappa shape index (κ3) is 4.98. The second-order valence-corrected chi connectivity index (χ2v) is 7.55. The number of aryl methyl sites for hydroxylation is 2. The maximum atomic E-state index is 9.76. The van der Waals surface area contributed by atoms with Crippen molar-refractivity contribution in [2.75, 3.05) is 39.3 Å². The Balaban J connectivity index is 1.46. The average Bonchev–Trinajstić information content (AvgIpc) is 3.18. The highest BCUT2D eigenvalue weighted by atomic mass is 16.4. The molecule has 2 aliphatic heterocycles. The quantitative estimate of drug-likeness (QED) is 0.610. The van der Waals surface area contributed by atoms with E-state index in [0.29, 0.717) is 12.5 Å². The van der Waals surface area contributed by atoms with Crippen LogP contribution in [0.3, 0.4) is 0 Å². The van der Waals surface area contributed by atoms with Crippen LogP contribution < -0.4 is 5.32 Å². The maximum Gasteiger partial charge on any atom is 0.208 e. The van der Waals surface area contributed by atoms with Crippen LogP contribution in [-0.2, 0) is 6.54 Å². The van der Waals surface area contributed by atoms with Crippen molar-refractivity contribution in [3.8, 4) is 0 Å². The SMILES string of the molecule is CCNC(=NCC1CCN(Cc2nc(C)c(C)o2)CC1)N1CC[C@@H](O)C1. The van der Waals surface area contributed by atoms with Crippen LogP contribution in [0.1, 0.15) is 43.5 Å². The summed E-state index contributed by atoms with van der Waals surface area (Å²) in [6.07, 6.45) is 2.93. The second kappa shape index (κ2) is 8.86. The fourth-order valence-electron chi connectivity index (χ4n) is 3.70. The Morgan fingerprint density at radius 1 is 1.27 bits per heavy atom. The van der Waals surface area contributed by atoms with Gasteiger partial charge in [-0.2, -0.15) is 0 Å². The van der Waals surface area contributed by atoms with E-state index in [2.05, 4.69) is 27.0 Å². The number of nitrogens with zero attached hydrogens (tertiary/aromatic N) is 4. The van der Waals surface area contributed by atoms with E-state index >= 15 is 0 Å². The summed E-state index contributed by atoms with van der Waals surface area (Å²) >= 11 is 0. The molecule has 26 heavy (non-hydrogen) atoms. The predicted octanol–water partition coefficient (Wildman–Crippen LogP) is 1.54. The molecule has 2 saturated heterocycles. The lowest BCUT2D eigenvalue weighted by Crippen LogP contribution is -2.41. The molecule has 0 spiro atoms. The molecule has 0 unspecified atom stereocenters. The number of aromatic nitrogens is 1. The first-order valence-corrected chi connectivity index (χ1v) is 9.91. The predicted molar refractivity (Wildman–Crippen MR) is 102 cm³/mol. The molecule has 0 amide bonds. The summed E-state index contributed by atoms with van der Waals surface area (Å²) in [4.78, 5) is 13.9. The third-order valence-electron chi connectivity index (χ3n) is 5.44. The smallest absolute Gasteiger partial charge is 0.208 e. The van der Waals surface area contributed by atoms with E-state index in [1.165, 1.54) is 0 Å². The van der Waals surface area contributed by atoms with E-state index in [4.69, 9.17) is 9.41 Å². The highest BCUT2D eigenvalue weighted by molar-refractivity contribution is 5.80. The van der Waals surface area contributed by atoms with E-state index in [1.54, 1.807) is 0 Å². The Morgan fingerprint density at radius 3 is 2.62 bits per heavy atom. The summed E-state index contributed by atoms with van der Waals surface area (Å²) in [7, 11) is 0. The lowest BCUT2D eigenvalue weighted by Gasteiger charge is -2.30. The van der Waals surface area contributed by atoms with E-state index in [0.717, 1.165) is 81.8 Å². The Morgan fingerprint density at radius 2 is 2.04 bits per heavy atom. The van der Waals surface area contributed by atoms with Gasteiger partial charge in [0.05, 0.1) is 18.3 Å². The Labute approximate surface area is 156 Å². The van der Waals surface area contributed by atoms with Crippen LogP contribution in [0.2, 0.25) is 0 Å². The van der Waals surface area contributed by atoms with E-state index in [1.807, 2.05) is 13.8 Å². The minimum absolute atomic E-state index is 0.218. The van der Waals surface area contributed by atoms with Gasteiger partial charge in [-0.15, -0.1) is 0 Å². The minimum Gasteiger partial charge on any atom is -0.444 e. The van der Waals surface area contributed by atoms with Crippen molar-refractivity contribution < 1.29 is 9.52 Å². The number of β-amino-alcohol motifs (C(OH)–C–C–N with tert-alkyl or cyclic N) is 1. The summed E-state index contributed by atoms with van der Waals surface area (Å²) in [6.45, 7) is 12.3. The van der Waals surface area contributed by atoms with Crippen LogP contribution in [-0.4, -0.2) is 71.2 Å². The Bertz CT molecular complexity index is 588. The molecule has 0 aliphatic carbocycles. The highest BCUT2D eigenvalue weighted by Crippen LogP contribution is 2.20. The van der Waals surface area contributed by atoms with Gasteiger partial charge in [-0.1, -0.05) is 0 Å². The number of aliphatic imine (C=N–C) groups is 1. The third-order valence-corrected chi connectivity index (χ3v) is 5.44. The molecule has 0 saturated carbocycles. The zero-order valence-corrected chi connectivity index (χ0v) is 16.4. The zero-order valence-electron chi connectivity index (χ0n) is 16.4. The molecule has 146 valence electrons. The second-order valence-electron chi connectivity index (χ2n) is 7.55. The van der Waals surface area contributed by atoms with Gasteiger partial charge in [-0.25, -0.2) is 4.98 Å². The van der Waals surface area contributed by atoms with E-state index in [-0.39, 0.29) is 6.10 Å². The van der Waals surface area contributed by atoms with Crippen molar-refractivity contribution in [2.24, 2.45) is 10.9 Å². The molecule has 3 heterocycles. The van der Waals surface area contributed by atoms with Gasteiger partial charge >= 0.3 is 0 Å².